The first-order valence-corrected chi connectivity index (χ1v) is 15.8. The summed E-state index contributed by atoms with van der Waals surface area (Å²) in [6.45, 7) is 2.14. The number of alkyl halides is 3. The molecule has 0 radical (unpaired) electrons. The molecule has 3 aromatic rings. The van der Waals surface area contributed by atoms with E-state index in [9.17, 15) is 22.0 Å². The number of unbranched alkanes of at least 4 members (excludes halogenated alkanes) is 2. The Balaban J connectivity index is 1.18. The molecule has 0 heterocycles. The molecular formula is C36H39F7O. The van der Waals surface area contributed by atoms with Gasteiger partial charge in [0.25, 0.3) is 0 Å². The van der Waals surface area contributed by atoms with Crippen molar-refractivity contribution in [1.82, 2.24) is 0 Å². The van der Waals surface area contributed by atoms with Crippen LogP contribution in [0.25, 0.3) is 0 Å². The molecule has 1 fully saturated rings. The van der Waals surface area contributed by atoms with Gasteiger partial charge in [0.15, 0.2) is 11.6 Å². The van der Waals surface area contributed by atoms with Gasteiger partial charge in [0.05, 0.1) is 0 Å². The van der Waals surface area contributed by atoms with Crippen LogP contribution in [0.3, 0.4) is 0 Å². The van der Waals surface area contributed by atoms with E-state index in [1.165, 1.54) is 12.1 Å². The van der Waals surface area contributed by atoms with Gasteiger partial charge in [0.1, 0.15) is 17.5 Å². The van der Waals surface area contributed by atoms with Gasteiger partial charge in [-0.3, -0.25) is 0 Å². The summed E-state index contributed by atoms with van der Waals surface area (Å²) in [4.78, 5) is 0. The third-order valence-corrected chi connectivity index (χ3v) is 9.56. The minimum Gasteiger partial charge on any atom is -0.403 e. The van der Waals surface area contributed by atoms with Crippen LogP contribution in [0.5, 0.6) is 5.75 Å². The summed E-state index contributed by atoms with van der Waals surface area (Å²) in [5.41, 5.74) is 3.63. The second-order valence-electron chi connectivity index (χ2n) is 12.5. The van der Waals surface area contributed by atoms with Gasteiger partial charge in [-0.15, -0.1) is 13.2 Å². The fourth-order valence-corrected chi connectivity index (χ4v) is 7.14. The Hall–Kier alpha value is -3.03. The fourth-order valence-electron chi connectivity index (χ4n) is 7.14. The molecule has 0 aliphatic heterocycles. The lowest BCUT2D eigenvalue weighted by Crippen LogP contribution is -2.21. The maximum Gasteiger partial charge on any atom is 0.573 e. The number of rotatable bonds is 10. The van der Waals surface area contributed by atoms with Crippen molar-refractivity contribution in [2.45, 2.75) is 109 Å². The van der Waals surface area contributed by atoms with E-state index >= 15 is 8.78 Å². The molecule has 0 N–H and O–H groups in total. The first-order chi connectivity index (χ1) is 21.0. The maximum atomic E-state index is 15.8. The fraction of sp³-hybridized carbons (Fsp3) is 0.500. The summed E-state index contributed by atoms with van der Waals surface area (Å²) in [5, 5.41) is 0. The average Bonchev–Trinajstić information content (AvgIpc) is 2.97. The Bertz CT molecular complexity index is 1440. The molecule has 238 valence electrons. The van der Waals surface area contributed by atoms with Gasteiger partial charge in [0, 0.05) is 5.56 Å². The van der Waals surface area contributed by atoms with E-state index in [0.29, 0.717) is 67.2 Å². The number of fused-ring (bicyclic) bond motifs is 1. The molecule has 44 heavy (non-hydrogen) atoms. The van der Waals surface area contributed by atoms with E-state index in [1.807, 2.05) is 12.1 Å². The molecule has 8 heteroatoms. The standard InChI is InChI=1S/C36H39F7O/c1-2-3-4-5-22-6-9-25(30(37)19-22)10-7-23-8-16-29-28(18-23)21-32(39)34(35(29)40)26-13-11-24(12-14-26)27-15-17-33(31(38)20-27)44-36(41,42)43/h6,9,15,17,19-21,23-24,26H,2-5,7-8,10-14,16,18H2,1H3. The van der Waals surface area contributed by atoms with Crippen LogP contribution in [-0.2, 0) is 25.7 Å². The van der Waals surface area contributed by atoms with Crippen LogP contribution >= 0.6 is 0 Å². The van der Waals surface area contributed by atoms with Gasteiger partial charge in [-0.1, -0.05) is 38.0 Å². The van der Waals surface area contributed by atoms with Crippen LogP contribution in [-0.4, -0.2) is 6.36 Å². The maximum absolute atomic E-state index is 15.8. The van der Waals surface area contributed by atoms with Crippen molar-refractivity contribution in [1.29, 1.82) is 0 Å². The summed E-state index contributed by atoms with van der Waals surface area (Å²) < 4.78 is 101. The summed E-state index contributed by atoms with van der Waals surface area (Å²) in [7, 11) is 0. The molecule has 3 aromatic carbocycles. The Kier molecular flexibility index (Phi) is 10.3. The average molecular weight is 621 g/mol. The molecule has 5 rings (SSSR count). The smallest absolute Gasteiger partial charge is 0.403 e. The largest absolute Gasteiger partial charge is 0.573 e. The van der Waals surface area contributed by atoms with Gasteiger partial charge >= 0.3 is 6.36 Å². The van der Waals surface area contributed by atoms with Crippen molar-refractivity contribution in [3.63, 3.8) is 0 Å². The highest BCUT2D eigenvalue weighted by atomic mass is 19.4. The van der Waals surface area contributed by atoms with Gasteiger partial charge in [-0.05, 0) is 140 Å². The Morgan fingerprint density at radius 1 is 0.773 bits per heavy atom. The Morgan fingerprint density at radius 3 is 2.20 bits per heavy atom. The second kappa shape index (κ2) is 13.9. The topological polar surface area (TPSA) is 9.23 Å². The SMILES string of the molecule is CCCCCc1ccc(CCC2CCc3c(cc(F)c(C4CCC(c5ccc(OC(F)(F)F)c(F)c5)CC4)c3F)C2)c(F)c1. The van der Waals surface area contributed by atoms with Gasteiger partial charge < -0.3 is 4.74 Å². The van der Waals surface area contributed by atoms with Crippen LogP contribution in [0.1, 0.15) is 110 Å². The molecule has 0 amide bonds. The van der Waals surface area contributed by atoms with E-state index in [2.05, 4.69) is 11.7 Å². The number of halogens is 7. The van der Waals surface area contributed by atoms with E-state index in [-0.39, 0.29) is 29.1 Å². The lowest BCUT2D eigenvalue weighted by atomic mass is 9.74. The molecular weight excluding hydrogens is 581 g/mol. The predicted octanol–water partition coefficient (Wildman–Crippen LogP) is 11.1. The minimum atomic E-state index is -4.98. The third kappa shape index (κ3) is 7.78. The molecule has 0 bridgehead atoms. The van der Waals surface area contributed by atoms with E-state index in [1.54, 1.807) is 6.07 Å². The second-order valence-corrected chi connectivity index (χ2v) is 12.5. The van der Waals surface area contributed by atoms with Crippen molar-refractivity contribution in [2.75, 3.05) is 0 Å². The van der Waals surface area contributed by atoms with E-state index in [0.717, 1.165) is 56.2 Å². The number of aryl methyl sites for hydroxylation is 2. The minimum absolute atomic E-state index is 0.113. The highest BCUT2D eigenvalue weighted by molar-refractivity contribution is 5.40. The molecule has 0 aromatic heterocycles. The first-order valence-electron chi connectivity index (χ1n) is 15.8. The van der Waals surface area contributed by atoms with Crippen LogP contribution in [0.2, 0.25) is 0 Å². The normalized spacial score (nSPS) is 20.4. The van der Waals surface area contributed by atoms with Crippen molar-refractivity contribution < 1.29 is 35.5 Å². The van der Waals surface area contributed by atoms with E-state index in [4.69, 9.17) is 0 Å². The van der Waals surface area contributed by atoms with Gasteiger partial charge in [0.2, 0.25) is 0 Å². The lowest BCUT2D eigenvalue weighted by molar-refractivity contribution is -0.275. The highest BCUT2D eigenvalue weighted by Crippen LogP contribution is 2.44. The number of hydrogen-bond donors (Lipinski definition) is 0. The molecule has 1 saturated carbocycles. The molecule has 0 saturated heterocycles. The molecule has 1 atom stereocenters. The monoisotopic (exact) mass is 620 g/mol. The predicted molar refractivity (Wildman–Crippen MR) is 157 cm³/mol. The van der Waals surface area contributed by atoms with Crippen LogP contribution in [0.15, 0.2) is 42.5 Å². The van der Waals surface area contributed by atoms with Crippen molar-refractivity contribution >= 4 is 0 Å². The summed E-state index contributed by atoms with van der Waals surface area (Å²) in [6, 6.07) is 10.5. The van der Waals surface area contributed by atoms with Gasteiger partial charge in [-0.25, -0.2) is 17.6 Å². The Morgan fingerprint density at radius 2 is 1.52 bits per heavy atom. The molecule has 1 nitrogen and oxygen atoms in total. The Labute approximate surface area is 254 Å². The molecule has 2 aliphatic carbocycles. The quantitative estimate of drug-likeness (QED) is 0.162. The van der Waals surface area contributed by atoms with Crippen molar-refractivity contribution in [2.24, 2.45) is 5.92 Å². The third-order valence-electron chi connectivity index (χ3n) is 9.56. The zero-order valence-electron chi connectivity index (χ0n) is 25.0. The van der Waals surface area contributed by atoms with Gasteiger partial charge in [-0.2, -0.15) is 0 Å². The van der Waals surface area contributed by atoms with Crippen LogP contribution in [0, 0.1) is 29.2 Å². The number of hydrogen-bond acceptors (Lipinski definition) is 1. The number of benzene rings is 3. The summed E-state index contributed by atoms with van der Waals surface area (Å²) >= 11 is 0. The molecule has 2 aliphatic rings. The molecule has 0 spiro atoms. The highest BCUT2D eigenvalue weighted by Gasteiger charge is 2.34. The van der Waals surface area contributed by atoms with E-state index < -0.39 is 29.6 Å². The van der Waals surface area contributed by atoms with Crippen molar-refractivity contribution in [3.05, 3.63) is 99.1 Å². The molecule has 1 unspecified atom stereocenters. The van der Waals surface area contributed by atoms with Crippen molar-refractivity contribution in [3.8, 4) is 5.75 Å². The number of ether oxygens (including phenoxy) is 1. The summed E-state index contributed by atoms with van der Waals surface area (Å²) in [6.07, 6.45) is 4.44. The zero-order valence-corrected chi connectivity index (χ0v) is 25.0. The van der Waals surface area contributed by atoms with Crippen LogP contribution < -0.4 is 4.74 Å². The summed E-state index contributed by atoms with van der Waals surface area (Å²) in [5.74, 6) is -3.38. The lowest BCUT2D eigenvalue weighted by Gasteiger charge is -2.32. The van der Waals surface area contributed by atoms with Crippen LogP contribution in [0.4, 0.5) is 30.7 Å². The first kappa shape index (κ1) is 32.4. The zero-order chi connectivity index (χ0) is 31.4.